The van der Waals surface area contributed by atoms with Gasteiger partial charge in [-0.3, -0.25) is 4.79 Å². The van der Waals surface area contributed by atoms with Crippen LogP contribution in [0.4, 0.5) is 0 Å². The number of amides is 1. The van der Waals surface area contributed by atoms with E-state index < -0.39 is 5.41 Å². The Hall–Kier alpha value is -1.46. The first-order chi connectivity index (χ1) is 9.29. The summed E-state index contributed by atoms with van der Waals surface area (Å²) in [5.74, 6) is 0.733. The second-order valence-electron chi connectivity index (χ2n) is 7.66. The summed E-state index contributed by atoms with van der Waals surface area (Å²) in [7, 11) is 0. The molecule has 1 amide bonds. The minimum absolute atomic E-state index is 0.0824. The van der Waals surface area contributed by atoms with Crippen molar-refractivity contribution in [1.82, 2.24) is 25.5 Å². The van der Waals surface area contributed by atoms with Crippen molar-refractivity contribution >= 4 is 5.91 Å². The summed E-state index contributed by atoms with van der Waals surface area (Å²) in [6.07, 6.45) is 2.92. The number of carbonyl (C=O) groups excluding carboxylic acids is 1. The highest BCUT2D eigenvalue weighted by atomic mass is 16.2. The summed E-state index contributed by atoms with van der Waals surface area (Å²) < 4.78 is 0. The number of nitrogens with one attached hydrogen (secondary N) is 1. The van der Waals surface area contributed by atoms with Crippen molar-refractivity contribution in [2.75, 3.05) is 13.1 Å². The largest absolute Gasteiger partial charge is 0.342 e. The number of hydrogen-bond donors (Lipinski definition) is 1. The molecule has 6 nitrogen and oxygen atoms in total. The molecule has 0 radical (unpaired) electrons. The van der Waals surface area contributed by atoms with Crippen molar-refractivity contribution in [3.8, 4) is 0 Å². The molecule has 0 bridgehead atoms. The van der Waals surface area contributed by atoms with Crippen molar-refractivity contribution in [3.05, 3.63) is 5.82 Å². The maximum atomic E-state index is 13.0. The van der Waals surface area contributed by atoms with Crippen LogP contribution in [0.5, 0.6) is 0 Å². The zero-order valence-electron chi connectivity index (χ0n) is 12.7. The molecule has 1 unspecified atom stereocenters. The molecule has 20 heavy (non-hydrogen) atoms. The fourth-order valence-electron chi connectivity index (χ4n) is 3.39. The lowest BCUT2D eigenvalue weighted by atomic mass is 9.82. The molecule has 2 heterocycles. The molecule has 1 atom stereocenters. The van der Waals surface area contributed by atoms with Gasteiger partial charge in [-0.2, -0.15) is 5.21 Å². The lowest BCUT2D eigenvalue weighted by Gasteiger charge is -2.38. The lowest BCUT2D eigenvalue weighted by molar-refractivity contribution is -0.137. The van der Waals surface area contributed by atoms with Crippen molar-refractivity contribution in [1.29, 1.82) is 0 Å². The Kier molecular flexibility index (Phi) is 2.72. The predicted molar refractivity (Wildman–Crippen MR) is 73.8 cm³/mol. The van der Waals surface area contributed by atoms with Crippen LogP contribution in [-0.4, -0.2) is 44.5 Å². The van der Waals surface area contributed by atoms with Gasteiger partial charge in [0.2, 0.25) is 5.91 Å². The van der Waals surface area contributed by atoms with Gasteiger partial charge in [-0.15, -0.1) is 10.2 Å². The molecular weight excluding hydrogens is 254 g/mol. The van der Waals surface area contributed by atoms with Gasteiger partial charge < -0.3 is 4.90 Å². The SMILES string of the molecule is CC1(C)CCN(C(=O)C2(c3nn[nH]n3)CC2(C)C)CC1. The smallest absolute Gasteiger partial charge is 0.237 e. The molecular formula is C14H23N5O. The molecule has 1 saturated heterocycles. The molecule has 1 saturated carbocycles. The van der Waals surface area contributed by atoms with Gasteiger partial charge >= 0.3 is 0 Å². The Labute approximate surface area is 119 Å². The predicted octanol–water partition coefficient (Wildman–Crippen LogP) is 1.52. The van der Waals surface area contributed by atoms with Crippen LogP contribution in [0.1, 0.15) is 52.8 Å². The summed E-state index contributed by atoms with van der Waals surface area (Å²) in [6.45, 7) is 10.4. The highest BCUT2D eigenvalue weighted by Gasteiger charge is 2.71. The van der Waals surface area contributed by atoms with E-state index in [9.17, 15) is 4.79 Å². The highest BCUT2D eigenvalue weighted by Crippen LogP contribution is 2.64. The highest BCUT2D eigenvalue weighted by molar-refractivity contribution is 5.92. The topological polar surface area (TPSA) is 74.8 Å². The Bertz CT molecular complexity index is 512. The molecule has 6 heteroatoms. The minimum atomic E-state index is -0.568. The summed E-state index contributed by atoms with van der Waals surface area (Å²) in [5, 5.41) is 14.3. The Morgan fingerprint density at radius 3 is 2.25 bits per heavy atom. The quantitative estimate of drug-likeness (QED) is 0.889. The standard InChI is InChI=1S/C14H23N5O/c1-12(2)5-7-19(8-6-12)11(20)14(9-13(14,3)4)10-15-17-18-16-10/h5-9H2,1-4H3,(H,15,16,17,18). The second-order valence-corrected chi connectivity index (χ2v) is 7.66. The van der Waals surface area contributed by atoms with Crippen molar-refractivity contribution in [2.24, 2.45) is 10.8 Å². The van der Waals surface area contributed by atoms with E-state index in [1.54, 1.807) is 0 Å². The summed E-state index contributed by atoms with van der Waals surface area (Å²) in [4.78, 5) is 15.0. The molecule has 2 fully saturated rings. The van der Waals surface area contributed by atoms with Gasteiger partial charge in [0, 0.05) is 13.1 Å². The third-order valence-corrected chi connectivity index (χ3v) is 5.23. The molecule has 1 aromatic rings. The summed E-state index contributed by atoms with van der Waals surface area (Å²) >= 11 is 0. The van der Waals surface area contributed by atoms with E-state index in [1.807, 2.05) is 4.90 Å². The third-order valence-electron chi connectivity index (χ3n) is 5.23. The number of rotatable bonds is 2. The number of likely N-dealkylation sites (tertiary alicyclic amines) is 1. The first-order valence-electron chi connectivity index (χ1n) is 7.32. The van der Waals surface area contributed by atoms with Gasteiger partial charge in [-0.05, 0) is 30.1 Å². The van der Waals surface area contributed by atoms with E-state index in [0.29, 0.717) is 11.2 Å². The maximum Gasteiger partial charge on any atom is 0.237 e. The number of aromatic nitrogens is 4. The average Bonchev–Trinajstić information content (AvgIpc) is 2.79. The number of hydrogen-bond acceptors (Lipinski definition) is 4. The molecule has 0 spiro atoms. The van der Waals surface area contributed by atoms with Crippen LogP contribution >= 0.6 is 0 Å². The molecule has 2 aliphatic rings. The number of H-pyrrole nitrogens is 1. The van der Waals surface area contributed by atoms with Crippen LogP contribution in [0.15, 0.2) is 0 Å². The molecule has 1 N–H and O–H groups in total. The normalized spacial score (nSPS) is 31.1. The molecule has 110 valence electrons. The zero-order chi connectivity index (χ0) is 14.6. The average molecular weight is 277 g/mol. The van der Waals surface area contributed by atoms with Crippen molar-refractivity contribution in [2.45, 2.75) is 52.4 Å². The number of tetrazole rings is 1. The van der Waals surface area contributed by atoms with Crippen LogP contribution in [0, 0.1) is 10.8 Å². The summed E-state index contributed by atoms with van der Waals surface area (Å²) in [5.41, 5.74) is -0.308. The Morgan fingerprint density at radius 2 is 1.80 bits per heavy atom. The van der Waals surface area contributed by atoms with Crippen LogP contribution in [0.3, 0.4) is 0 Å². The number of piperidine rings is 1. The van der Waals surface area contributed by atoms with E-state index in [1.165, 1.54) is 0 Å². The third kappa shape index (κ3) is 1.84. The second kappa shape index (κ2) is 4.02. The fraction of sp³-hybridized carbons (Fsp3) is 0.857. The number of aromatic amines is 1. The number of nitrogens with zero attached hydrogens (tertiary/aromatic N) is 4. The van der Waals surface area contributed by atoms with Crippen LogP contribution in [0.25, 0.3) is 0 Å². The zero-order valence-corrected chi connectivity index (χ0v) is 12.7. The van der Waals surface area contributed by atoms with Gasteiger partial charge in [-0.25, -0.2) is 0 Å². The van der Waals surface area contributed by atoms with Gasteiger partial charge in [-0.1, -0.05) is 32.9 Å². The fourth-order valence-corrected chi connectivity index (χ4v) is 3.39. The monoisotopic (exact) mass is 277 g/mol. The Balaban J connectivity index is 1.83. The van der Waals surface area contributed by atoms with E-state index in [0.717, 1.165) is 32.4 Å². The molecule has 1 aromatic heterocycles. The Morgan fingerprint density at radius 1 is 1.20 bits per heavy atom. The van der Waals surface area contributed by atoms with Gasteiger partial charge in [0.1, 0.15) is 5.41 Å². The van der Waals surface area contributed by atoms with E-state index in [2.05, 4.69) is 48.3 Å². The molecule has 0 aromatic carbocycles. The molecule has 1 aliphatic carbocycles. The first-order valence-corrected chi connectivity index (χ1v) is 7.32. The lowest BCUT2D eigenvalue weighted by Crippen LogP contribution is -2.47. The van der Waals surface area contributed by atoms with E-state index >= 15 is 0 Å². The molecule has 3 rings (SSSR count). The van der Waals surface area contributed by atoms with Crippen molar-refractivity contribution in [3.63, 3.8) is 0 Å². The first kappa shape index (κ1) is 13.5. The maximum absolute atomic E-state index is 13.0. The van der Waals surface area contributed by atoms with Crippen molar-refractivity contribution < 1.29 is 4.79 Å². The van der Waals surface area contributed by atoms with Gasteiger partial charge in [0.05, 0.1) is 0 Å². The molecule has 1 aliphatic heterocycles. The summed E-state index contributed by atoms with van der Waals surface area (Å²) in [6, 6.07) is 0. The van der Waals surface area contributed by atoms with Crippen LogP contribution < -0.4 is 0 Å². The van der Waals surface area contributed by atoms with Crippen LogP contribution in [0.2, 0.25) is 0 Å². The number of carbonyl (C=O) groups is 1. The van der Waals surface area contributed by atoms with E-state index in [-0.39, 0.29) is 11.3 Å². The van der Waals surface area contributed by atoms with Crippen LogP contribution in [-0.2, 0) is 10.2 Å². The minimum Gasteiger partial charge on any atom is -0.342 e. The van der Waals surface area contributed by atoms with E-state index in [4.69, 9.17) is 0 Å². The van der Waals surface area contributed by atoms with Gasteiger partial charge in [0.25, 0.3) is 0 Å². The van der Waals surface area contributed by atoms with Gasteiger partial charge in [0.15, 0.2) is 5.82 Å².